The molecule has 5 nitrogen and oxygen atoms in total. The van der Waals surface area contributed by atoms with Crippen LogP contribution in [0.15, 0.2) is 53.4 Å². The van der Waals surface area contributed by atoms with Gasteiger partial charge in [0.2, 0.25) is 10.0 Å². The van der Waals surface area contributed by atoms with E-state index < -0.39 is 10.0 Å². The van der Waals surface area contributed by atoms with E-state index in [-0.39, 0.29) is 16.1 Å². The van der Waals surface area contributed by atoms with Crippen molar-refractivity contribution >= 4 is 10.0 Å². The average Bonchev–Trinajstić information content (AvgIpc) is 2.73. The van der Waals surface area contributed by atoms with E-state index in [1.54, 1.807) is 34.6 Å². The molecule has 4 rings (SSSR count). The molecule has 0 N–H and O–H groups in total. The van der Waals surface area contributed by atoms with E-state index in [9.17, 15) is 12.8 Å². The van der Waals surface area contributed by atoms with Gasteiger partial charge in [0.1, 0.15) is 16.5 Å². The summed E-state index contributed by atoms with van der Waals surface area (Å²) in [6.45, 7) is 5.40. The molecule has 156 valence electrons. The van der Waals surface area contributed by atoms with E-state index in [0.717, 1.165) is 25.9 Å². The van der Waals surface area contributed by atoms with Crippen LogP contribution in [0, 0.1) is 11.2 Å². The van der Waals surface area contributed by atoms with E-state index >= 15 is 0 Å². The number of halogens is 1. The molecule has 0 amide bonds. The third-order valence-electron chi connectivity index (χ3n) is 6.13. The lowest BCUT2D eigenvalue weighted by molar-refractivity contribution is 0.0330. The van der Waals surface area contributed by atoms with Crippen LogP contribution in [0.1, 0.15) is 25.3 Å². The average molecular weight is 419 g/mol. The summed E-state index contributed by atoms with van der Waals surface area (Å²) in [4.78, 5) is 2.48. The van der Waals surface area contributed by atoms with E-state index in [2.05, 4.69) is 4.90 Å². The molecule has 0 aliphatic carbocycles. The summed E-state index contributed by atoms with van der Waals surface area (Å²) in [6.07, 6.45) is 1.63. The standard InChI is InChI=1S/C22H27FN2O3S/c1-2-25-16-22(17-28-20-9-5-6-10-21(20)29(25,26)27)11-13-24(14-12-22)15-18-7-3-4-8-19(18)23/h3-10H,2,11-17H2,1H3. The lowest BCUT2D eigenvalue weighted by Gasteiger charge is -2.44. The molecule has 0 atom stereocenters. The maximum absolute atomic E-state index is 14.0. The van der Waals surface area contributed by atoms with Gasteiger partial charge in [-0.2, -0.15) is 4.31 Å². The van der Waals surface area contributed by atoms with E-state index in [1.165, 1.54) is 6.07 Å². The molecule has 7 heteroatoms. The predicted molar refractivity (Wildman–Crippen MR) is 110 cm³/mol. The van der Waals surface area contributed by atoms with Crippen molar-refractivity contribution in [3.8, 4) is 5.75 Å². The number of hydrogen-bond acceptors (Lipinski definition) is 4. The van der Waals surface area contributed by atoms with Crippen molar-refractivity contribution in [2.45, 2.75) is 31.2 Å². The molecule has 1 spiro atoms. The van der Waals surface area contributed by atoms with Gasteiger partial charge in [-0.05, 0) is 44.1 Å². The van der Waals surface area contributed by atoms with E-state index in [1.807, 2.05) is 19.1 Å². The fourth-order valence-corrected chi connectivity index (χ4v) is 5.99. The number of likely N-dealkylation sites (tertiary alicyclic amines) is 1. The number of rotatable bonds is 3. The number of hydrogen-bond donors (Lipinski definition) is 0. The molecule has 1 fully saturated rings. The van der Waals surface area contributed by atoms with Crippen molar-refractivity contribution in [3.63, 3.8) is 0 Å². The van der Waals surface area contributed by atoms with Crippen LogP contribution in [0.2, 0.25) is 0 Å². The van der Waals surface area contributed by atoms with Crippen molar-refractivity contribution in [2.75, 3.05) is 32.8 Å². The first-order chi connectivity index (χ1) is 13.9. The number of ether oxygens (including phenoxy) is 1. The van der Waals surface area contributed by atoms with Crippen molar-refractivity contribution in [2.24, 2.45) is 5.41 Å². The molecule has 0 saturated carbocycles. The molecule has 2 aromatic rings. The SMILES string of the molecule is CCN1CC2(CCN(Cc3ccccc3F)CC2)COc2ccccc2S1(=O)=O. The number of piperidine rings is 1. The van der Waals surface area contributed by atoms with Gasteiger partial charge >= 0.3 is 0 Å². The number of fused-ring (bicyclic) bond motifs is 1. The largest absolute Gasteiger partial charge is 0.492 e. The van der Waals surface area contributed by atoms with Crippen LogP contribution in [0.3, 0.4) is 0 Å². The van der Waals surface area contributed by atoms with Crippen LogP contribution < -0.4 is 4.74 Å². The monoisotopic (exact) mass is 418 g/mol. The third kappa shape index (κ3) is 4.04. The Bertz CT molecular complexity index is 972. The van der Waals surface area contributed by atoms with Gasteiger partial charge in [0, 0.05) is 30.6 Å². The lowest BCUT2D eigenvalue weighted by atomic mass is 9.78. The normalized spacial score (nSPS) is 21.7. The Hall–Kier alpha value is -1.96. The fourth-order valence-electron chi connectivity index (χ4n) is 4.29. The Balaban J connectivity index is 1.53. The molecule has 2 aliphatic heterocycles. The Morgan fingerprint density at radius 1 is 1.07 bits per heavy atom. The number of para-hydroxylation sites is 1. The molecule has 1 saturated heterocycles. The molecule has 0 bridgehead atoms. The summed E-state index contributed by atoms with van der Waals surface area (Å²) < 4.78 is 48.0. The maximum Gasteiger partial charge on any atom is 0.246 e. The Labute approximate surface area is 172 Å². The van der Waals surface area contributed by atoms with Crippen LogP contribution in [0.4, 0.5) is 4.39 Å². The van der Waals surface area contributed by atoms with Gasteiger partial charge in [-0.1, -0.05) is 37.3 Å². The fraction of sp³-hybridized carbons (Fsp3) is 0.455. The first-order valence-corrected chi connectivity index (χ1v) is 11.6. The molecule has 2 heterocycles. The molecule has 0 aromatic heterocycles. The second kappa shape index (κ2) is 8.05. The summed E-state index contributed by atoms with van der Waals surface area (Å²) >= 11 is 0. The quantitative estimate of drug-likeness (QED) is 0.766. The smallest absolute Gasteiger partial charge is 0.246 e. The summed E-state index contributed by atoms with van der Waals surface area (Å²) in [5.41, 5.74) is 0.464. The highest BCUT2D eigenvalue weighted by Gasteiger charge is 2.42. The van der Waals surface area contributed by atoms with Crippen LogP contribution in [-0.2, 0) is 16.6 Å². The van der Waals surface area contributed by atoms with Crippen LogP contribution in [0.25, 0.3) is 0 Å². The van der Waals surface area contributed by atoms with Crippen LogP contribution in [0.5, 0.6) is 5.75 Å². The molecule has 29 heavy (non-hydrogen) atoms. The molecule has 0 radical (unpaired) electrons. The Morgan fingerprint density at radius 2 is 1.76 bits per heavy atom. The van der Waals surface area contributed by atoms with Crippen molar-refractivity contribution in [1.29, 1.82) is 0 Å². The zero-order valence-electron chi connectivity index (χ0n) is 16.7. The first-order valence-electron chi connectivity index (χ1n) is 10.1. The topological polar surface area (TPSA) is 49.9 Å². The zero-order valence-corrected chi connectivity index (χ0v) is 17.5. The van der Waals surface area contributed by atoms with Crippen molar-refractivity contribution < 1.29 is 17.5 Å². The number of nitrogens with zero attached hydrogens (tertiary/aromatic N) is 2. The summed E-state index contributed by atoms with van der Waals surface area (Å²) in [6, 6.07) is 13.7. The lowest BCUT2D eigenvalue weighted by Crippen LogP contribution is -2.51. The van der Waals surface area contributed by atoms with E-state index in [4.69, 9.17) is 4.74 Å². The molecular formula is C22H27FN2O3S. The minimum atomic E-state index is -3.59. The minimum Gasteiger partial charge on any atom is -0.492 e. The maximum atomic E-state index is 14.0. The summed E-state index contributed by atoms with van der Waals surface area (Å²) in [5.74, 6) is 0.251. The number of sulfonamides is 1. The van der Waals surface area contributed by atoms with Crippen molar-refractivity contribution in [3.05, 3.63) is 59.9 Å². The van der Waals surface area contributed by atoms with Gasteiger partial charge < -0.3 is 4.74 Å². The minimum absolute atomic E-state index is 0.179. The van der Waals surface area contributed by atoms with Crippen LogP contribution in [-0.4, -0.2) is 50.4 Å². The van der Waals surface area contributed by atoms with Crippen molar-refractivity contribution in [1.82, 2.24) is 9.21 Å². The molecular weight excluding hydrogens is 391 g/mol. The van der Waals surface area contributed by atoms with Gasteiger partial charge in [0.05, 0.1) is 6.61 Å². The molecule has 0 unspecified atom stereocenters. The van der Waals surface area contributed by atoms with Gasteiger partial charge in [-0.15, -0.1) is 0 Å². The Morgan fingerprint density at radius 3 is 2.48 bits per heavy atom. The van der Waals surface area contributed by atoms with Gasteiger partial charge in [-0.3, -0.25) is 4.90 Å². The first kappa shape index (κ1) is 20.3. The summed E-state index contributed by atoms with van der Waals surface area (Å²) in [5, 5.41) is 0. The van der Waals surface area contributed by atoms with Gasteiger partial charge in [-0.25, -0.2) is 12.8 Å². The second-order valence-corrected chi connectivity index (χ2v) is 9.94. The molecule has 2 aromatic carbocycles. The number of benzene rings is 2. The highest BCUT2D eigenvalue weighted by molar-refractivity contribution is 7.89. The molecule has 2 aliphatic rings. The predicted octanol–water partition coefficient (Wildman–Crippen LogP) is 3.51. The van der Waals surface area contributed by atoms with Gasteiger partial charge in [0.15, 0.2) is 0 Å². The van der Waals surface area contributed by atoms with Gasteiger partial charge in [0.25, 0.3) is 0 Å². The third-order valence-corrected chi connectivity index (χ3v) is 8.09. The zero-order chi connectivity index (χ0) is 20.5. The highest BCUT2D eigenvalue weighted by Crippen LogP contribution is 2.39. The van der Waals surface area contributed by atoms with Crippen LogP contribution >= 0.6 is 0 Å². The highest BCUT2D eigenvalue weighted by atomic mass is 32.2. The second-order valence-electron chi connectivity index (χ2n) is 8.03. The Kier molecular flexibility index (Phi) is 5.64. The van der Waals surface area contributed by atoms with E-state index in [0.29, 0.717) is 37.6 Å². The summed E-state index contributed by atoms with van der Waals surface area (Å²) in [7, 11) is -3.59.